The predicted octanol–water partition coefficient (Wildman–Crippen LogP) is 5.89. The summed E-state index contributed by atoms with van der Waals surface area (Å²) in [6.07, 6.45) is 5.11. The van der Waals surface area contributed by atoms with Gasteiger partial charge in [-0.25, -0.2) is 0 Å². The Hall–Kier alpha value is -2.99. The topological polar surface area (TPSA) is 92.8 Å². The molecule has 3 aliphatic rings. The molecule has 2 fully saturated rings. The number of ether oxygens (including phenoxy) is 1. The first-order chi connectivity index (χ1) is 18.8. The van der Waals surface area contributed by atoms with Crippen LogP contribution >= 0.6 is 22.9 Å². The number of anilines is 1. The zero-order valence-corrected chi connectivity index (χ0v) is 24.1. The van der Waals surface area contributed by atoms with E-state index in [2.05, 4.69) is 11.8 Å². The molecule has 0 bridgehead atoms. The first-order valence-electron chi connectivity index (χ1n) is 13.6. The minimum absolute atomic E-state index is 0.0104. The van der Waals surface area contributed by atoms with Gasteiger partial charge in [0.1, 0.15) is 22.7 Å². The van der Waals surface area contributed by atoms with Crippen molar-refractivity contribution in [1.82, 2.24) is 4.90 Å². The van der Waals surface area contributed by atoms with Crippen LogP contribution in [0.1, 0.15) is 67.0 Å². The normalized spacial score (nSPS) is 20.0. The van der Waals surface area contributed by atoms with Crippen molar-refractivity contribution in [3.63, 3.8) is 0 Å². The van der Waals surface area contributed by atoms with Gasteiger partial charge in [0.15, 0.2) is 0 Å². The van der Waals surface area contributed by atoms with E-state index in [1.54, 1.807) is 11.8 Å². The second-order valence-corrected chi connectivity index (χ2v) is 11.8. The fraction of sp³-hybridized carbons (Fsp3) is 0.467. The largest absolute Gasteiger partial charge is 0.381 e. The van der Waals surface area contributed by atoms with E-state index in [1.807, 2.05) is 36.1 Å². The van der Waals surface area contributed by atoms with Gasteiger partial charge in [-0.05, 0) is 63.6 Å². The van der Waals surface area contributed by atoms with Crippen LogP contribution in [0.5, 0.6) is 0 Å². The van der Waals surface area contributed by atoms with Crippen molar-refractivity contribution < 1.29 is 9.53 Å². The standard InChI is InChI=1S/C30H34ClN5O2S/c1-19-25(11-6-21-12-16-38-17-13-21)39-30-27(19)28(22-7-9-23(31)10-8-22)34-24(29(33)36(30)20(2)32)18-26(37)35-14-4-3-5-15-35/h7-10,21,24,32-33H,3-5,12-18H2,1-2H3/t24-/m0/s1. The Balaban J connectivity index is 1.60. The smallest absolute Gasteiger partial charge is 0.225 e. The fourth-order valence-electron chi connectivity index (χ4n) is 5.34. The lowest BCUT2D eigenvalue weighted by Gasteiger charge is -2.29. The number of aliphatic imine (C=N–C) groups is 1. The molecule has 1 aromatic heterocycles. The Bertz CT molecular complexity index is 1360. The molecule has 204 valence electrons. The number of rotatable bonds is 3. The highest BCUT2D eigenvalue weighted by molar-refractivity contribution is 7.17. The molecule has 1 atom stereocenters. The lowest BCUT2D eigenvalue weighted by Crippen LogP contribution is -2.43. The number of carbonyl (C=O) groups excluding carboxylic acids is 1. The Morgan fingerprint density at radius 2 is 1.87 bits per heavy atom. The van der Waals surface area contributed by atoms with E-state index in [0.29, 0.717) is 16.7 Å². The van der Waals surface area contributed by atoms with Gasteiger partial charge in [-0.15, -0.1) is 11.3 Å². The van der Waals surface area contributed by atoms with Crippen LogP contribution in [0.2, 0.25) is 5.02 Å². The van der Waals surface area contributed by atoms with Gasteiger partial charge in [0.2, 0.25) is 5.91 Å². The zero-order valence-electron chi connectivity index (χ0n) is 22.5. The van der Waals surface area contributed by atoms with Crippen LogP contribution in [0, 0.1) is 35.5 Å². The Labute approximate surface area is 239 Å². The Morgan fingerprint density at radius 1 is 1.18 bits per heavy atom. The van der Waals surface area contributed by atoms with Crippen molar-refractivity contribution in [3.05, 3.63) is 50.9 Å². The summed E-state index contributed by atoms with van der Waals surface area (Å²) in [7, 11) is 0. The van der Waals surface area contributed by atoms with Crippen molar-refractivity contribution >= 4 is 51.2 Å². The van der Waals surface area contributed by atoms with Crippen molar-refractivity contribution in [1.29, 1.82) is 10.8 Å². The minimum atomic E-state index is -0.707. The number of fused-ring (bicyclic) bond motifs is 1. The quantitative estimate of drug-likeness (QED) is 0.277. The number of hydrogen-bond donors (Lipinski definition) is 2. The maximum absolute atomic E-state index is 13.3. The number of piperidine rings is 1. The van der Waals surface area contributed by atoms with Gasteiger partial charge in [0.05, 0.1) is 17.0 Å². The van der Waals surface area contributed by atoms with Crippen molar-refractivity contribution in [2.45, 2.75) is 58.4 Å². The van der Waals surface area contributed by atoms with Crippen LogP contribution in [-0.2, 0) is 9.53 Å². The molecule has 4 heterocycles. The number of likely N-dealkylation sites (tertiary alicyclic amines) is 1. The highest BCUT2D eigenvalue weighted by Crippen LogP contribution is 2.40. The van der Waals surface area contributed by atoms with E-state index >= 15 is 0 Å². The minimum Gasteiger partial charge on any atom is -0.381 e. The van der Waals surface area contributed by atoms with Crippen LogP contribution in [-0.4, -0.2) is 60.5 Å². The summed E-state index contributed by atoms with van der Waals surface area (Å²) in [5.74, 6) is 7.52. The molecule has 2 N–H and O–H groups in total. The summed E-state index contributed by atoms with van der Waals surface area (Å²) >= 11 is 7.71. The number of carbonyl (C=O) groups is 1. The number of hydrogen-bond acceptors (Lipinski definition) is 6. The zero-order chi connectivity index (χ0) is 27.5. The summed E-state index contributed by atoms with van der Waals surface area (Å²) in [6, 6.07) is 6.80. The SMILES string of the molecule is CC(=N)N1C(=N)[C@H](CC(=O)N2CCCCC2)N=C(c2ccc(Cl)cc2)c2c1sc(C#CC1CCOCC1)c2C. The van der Waals surface area contributed by atoms with E-state index in [-0.39, 0.29) is 24.0 Å². The molecule has 1 aromatic carbocycles. The van der Waals surface area contributed by atoms with Crippen molar-refractivity contribution in [2.24, 2.45) is 10.9 Å². The second kappa shape index (κ2) is 12.0. The van der Waals surface area contributed by atoms with Crippen LogP contribution in [0.15, 0.2) is 29.3 Å². The number of thiophene rings is 1. The Morgan fingerprint density at radius 3 is 2.54 bits per heavy atom. The summed E-state index contributed by atoms with van der Waals surface area (Å²) in [6.45, 7) is 6.69. The highest BCUT2D eigenvalue weighted by Gasteiger charge is 2.36. The third-order valence-corrected chi connectivity index (χ3v) is 8.99. The van der Waals surface area contributed by atoms with Gasteiger partial charge in [0.25, 0.3) is 0 Å². The van der Waals surface area contributed by atoms with Crippen LogP contribution < -0.4 is 4.90 Å². The molecule has 39 heavy (non-hydrogen) atoms. The molecule has 0 radical (unpaired) electrons. The number of halogens is 1. The van der Waals surface area contributed by atoms with Gasteiger partial charge in [0, 0.05) is 48.4 Å². The Kier molecular flexibility index (Phi) is 8.51. The second-order valence-electron chi connectivity index (χ2n) is 10.3. The van der Waals surface area contributed by atoms with Crippen molar-refractivity contribution in [2.75, 3.05) is 31.2 Å². The summed E-state index contributed by atoms with van der Waals surface area (Å²) in [5, 5.41) is 19.2. The molecule has 7 nitrogen and oxygen atoms in total. The van der Waals surface area contributed by atoms with E-state index in [9.17, 15) is 10.2 Å². The molecule has 0 saturated carbocycles. The number of nitrogens with one attached hydrogen (secondary N) is 2. The average molecular weight is 564 g/mol. The molecule has 0 unspecified atom stereocenters. The number of nitrogens with zero attached hydrogens (tertiary/aromatic N) is 3. The molecule has 0 aliphatic carbocycles. The van der Waals surface area contributed by atoms with Gasteiger partial charge in [-0.2, -0.15) is 0 Å². The first-order valence-corrected chi connectivity index (χ1v) is 14.8. The molecule has 0 spiro atoms. The van der Waals surface area contributed by atoms with Gasteiger partial charge < -0.3 is 9.64 Å². The lowest BCUT2D eigenvalue weighted by molar-refractivity contribution is -0.132. The number of amides is 1. The molecule has 9 heteroatoms. The lowest BCUT2D eigenvalue weighted by atomic mass is 9.98. The molecule has 3 aliphatic heterocycles. The maximum Gasteiger partial charge on any atom is 0.225 e. The van der Waals surface area contributed by atoms with Crippen LogP contribution in [0.4, 0.5) is 5.00 Å². The third kappa shape index (κ3) is 5.96. The molecular formula is C30H34ClN5O2S. The van der Waals surface area contributed by atoms with E-state index in [4.69, 9.17) is 26.7 Å². The number of amidine groups is 2. The van der Waals surface area contributed by atoms with E-state index in [1.165, 1.54) is 11.3 Å². The average Bonchev–Trinajstić information content (AvgIpc) is 3.19. The number of benzene rings is 1. The third-order valence-electron chi connectivity index (χ3n) is 7.55. The van der Waals surface area contributed by atoms with Crippen LogP contribution in [0.3, 0.4) is 0 Å². The van der Waals surface area contributed by atoms with Gasteiger partial charge >= 0.3 is 0 Å². The summed E-state index contributed by atoms with van der Waals surface area (Å²) < 4.78 is 5.48. The summed E-state index contributed by atoms with van der Waals surface area (Å²) in [4.78, 5) is 22.8. The monoisotopic (exact) mass is 563 g/mol. The predicted molar refractivity (Wildman–Crippen MR) is 159 cm³/mol. The molecule has 2 saturated heterocycles. The van der Waals surface area contributed by atoms with Gasteiger partial charge in [-0.1, -0.05) is 35.6 Å². The molecule has 5 rings (SSSR count). The van der Waals surface area contributed by atoms with Gasteiger partial charge in [-0.3, -0.25) is 25.5 Å². The molecule has 2 aromatic rings. The molecule has 1 amide bonds. The van der Waals surface area contributed by atoms with E-state index in [0.717, 1.165) is 85.0 Å². The van der Waals surface area contributed by atoms with E-state index < -0.39 is 6.04 Å². The van der Waals surface area contributed by atoms with Crippen molar-refractivity contribution in [3.8, 4) is 11.8 Å². The molecular weight excluding hydrogens is 530 g/mol. The van der Waals surface area contributed by atoms with Crippen LogP contribution in [0.25, 0.3) is 0 Å². The first kappa shape index (κ1) is 27.6. The summed E-state index contributed by atoms with van der Waals surface area (Å²) in [5.41, 5.74) is 3.41. The maximum atomic E-state index is 13.3. The highest BCUT2D eigenvalue weighted by atomic mass is 35.5. The fourth-order valence-corrected chi connectivity index (χ4v) is 6.71.